The summed E-state index contributed by atoms with van der Waals surface area (Å²) in [4.78, 5) is 23.1. The summed E-state index contributed by atoms with van der Waals surface area (Å²) in [7, 11) is 1.61. The van der Waals surface area contributed by atoms with Crippen LogP contribution in [0, 0.1) is 0 Å². The Balaban J connectivity index is 2.35. The molecule has 0 fully saturated rings. The van der Waals surface area contributed by atoms with Gasteiger partial charge in [0.2, 0.25) is 5.95 Å². The van der Waals surface area contributed by atoms with Gasteiger partial charge in [0.1, 0.15) is 0 Å². The van der Waals surface area contributed by atoms with E-state index in [2.05, 4.69) is 20.3 Å². The zero-order valence-corrected chi connectivity index (χ0v) is 12.9. The number of rotatable bonds is 5. The number of aromatic carboxylic acids is 1. The van der Waals surface area contributed by atoms with Gasteiger partial charge in [0, 0.05) is 25.0 Å². The zero-order valence-electron chi connectivity index (χ0n) is 12.2. The van der Waals surface area contributed by atoms with Crippen molar-refractivity contribution in [3.63, 3.8) is 0 Å². The number of hydrogen-bond donors (Lipinski definition) is 3. The highest BCUT2D eigenvalue weighted by Crippen LogP contribution is 2.26. The van der Waals surface area contributed by atoms with Crippen LogP contribution >= 0.6 is 11.6 Å². The number of aliphatic imine (C=N–C) groups is 1. The molecule has 0 saturated heterocycles. The van der Waals surface area contributed by atoms with Crippen LogP contribution in [0.1, 0.15) is 10.4 Å². The molecule has 0 amide bonds. The number of anilines is 1. The minimum absolute atomic E-state index is 0.185. The first kappa shape index (κ1) is 16.4. The molecule has 7 nitrogen and oxygen atoms in total. The van der Waals surface area contributed by atoms with Crippen molar-refractivity contribution in [3.05, 3.63) is 52.9 Å². The Bertz CT molecular complexity index is 772. The fourth-order valence-electron chi connectivity index (χ4n) is 1.79. The molecule has 2 rings (SSSR count). The van der Waals surface area contributed by atoms with E-state index < -0.39 is 5.97 Å². The van der Waals surface area contributed by atoms with Crippen molar-refractivity contribution in [1.82, 2.24) is 9.97 Å². The number of hydrogen-bond acceptors (Lipinski definition) is 6. The molecule has 0 saturated carbocycles. The second-order valence-electron chi connectivity index (χ2n) is 4.41. The summed E-state index contributed by atoms with van der Waals surface area (Å²) in [5.74, 6) is -0.701. The molecule has 1 aromatic heterocycles. The highest BCUT2D eigenvalue weighted by atomic mass is 35.5. The van der Waals surface area contributed by atoms with Crippen molar-refractivity contribution in [2.45, 2.75) is 0 Å². The highest BCUT2D eigenvalue weighted by molar-refractivity contribution is 6.32. The Morgan fingerprint density at radius 1 is 1.39 bits per heavy atom. The van der Waals surface area contributed by atoms with E-state index in [1.165, 1.54) is 30.7 Å². The minimum atomic E-state index is -0.996. The van der Waals surface area contributed by atoms with Gasteiger partial charge < -0.3 is 16.2 Å². The third-order valence-corrected chi connectivity index (χ3v) is 3.13. The SMILES string of the molecule is CN=CC(=CN)Nc1ncc(Cl)c(-c2ccc(C(=O)O)cc2)n1. The maximum Gasteiger partial charge on any atom is 0.335 e. The Labute approximate surface area is 137 Å². The number of nitrogens with one attached hydrogen (secondary N) is 1. The van der Waals surface area contributed by atoms with Crippen LogP contribution in [-0.2, 0) is 0 Å². The normalized spacial score (nSPS) is 11.7. The number of carboxylic acids is 1. The second-order valence-corrected chi connectivity index (χ2v) is 4.81. The predicted octanol–water partition coefficient (Wildman–Crippen LogP) is 2.41. The maximum absolute atomic E-state index is 10.9. The van der Waals surface area contributed by atoms with Gasteiger partial charge in [-0.25, -0.2) is 14.8 Å². The summed E-state index contributed by atoms with van der Waals surface area (Å²) >= 11 is 6.13. The van der Waals surface area contributed by atoms with Crippen LogP contribution in [0.5, 0.6) is 0 Å². The standard InChI is InChI=1S/C15H14ClN5O2/c1-18-7-11(6-17)20-15-19-8-12(16)13(21-15)9-2-4-10(5-3-9)14(22)23/h2-8H,17H2,1H3,(H,22,23)(H,19,20,21). The molecule has 4 N–H and O–H groups in total. The number of carboxylic acid groups (broad SMARTS) is 1. The van der Waals surface area contributed by atoms with Crippen LogP contribution in [0.4, 0.5) is 5.95 Å². The molecule has 1 heterocycles. The van der Waals surface area contributed by atoms with E-state index in [0.717, 1.165) is 0 Å². The van der Waals surface area contributed by atoms with Crippen molar-refractivity contribution in [2.24, 2.45) is 10.7 Å². The van der Waals surface area contributed by atoms with Crippen LogP contribution in [-0.4, -0.2) is 34.3 Å². The number of aromatic nitrogens is 2. The van der Waals surface area contributed by atoms with Gasteiger partial charge in [-0.05, 0) is 12.1 Å². The fraction of sp³-hybridized carbons (Fsp3) is 0.0667. The van der Waals surface area contributed by atoms with Gasteiger partial charge in [0.05, 0.1) is 28.2 Å². The zero-order chi connectivity index (χ0) is 16.8. The van der Waals surface area contributed by atoms with Gasteiger partial charge in [-0.1, -0.05) is 23.7 Å². The average Bonchev–Trinajstić information content (AvgIpc) is 2.56. The van der Waals surface area contributed by atoms with Crippen molar-refractivity contribution in [1.29, 1.82) is 0 Å². The molecule has 23 heavy (non-hydrogen) atoms. The molecular weight excluding hydrogens is 318 g/mol. The monoisotopic (exact) mass is 331 g/mol. The number of halogens is 1. The van der Waals surface area contributed by atoms with E-state index in [4.69, 9.17) is 22.4 Å². The number of nitrogens with two attached hydrogens (primary N) is 1. The first-order valence-corrected chi connectivity index (χ1v) is 6.90. The van der Waals surface area contributed by atoms with E-state index in [1.807, 2.05) is 0 Å². The number of allylic oxidation sites excluding steroid dienone is 1. The second kappa shape index (κ2) is 7.37. The lowest BCUT2D eigenvalue weighted by Crippen LogP contribution is -2.07. The minimum Gasteiger partial charge on any atom is -0.478 e. The molecule has 0 aliphatic heterocycles. The predicted molar refractivity (Wildman–Crippen MR) is 89.7 cm³/mol. The molecule has 0 spiro atoms. The molecule has 0 bridgehead atoms. The molecular formula is C15H14ClN5O2. The van der Waals surface area contributed by atoms with Gasteiger partial charge in [-0.2, -0.15) is 0 Å². The Hall–Kier alpha value is -2.93. The van der Waals surface area contributed by atoms with E-state index >= 15 is 0 Å². The van der Waals surface area contributed by atoms with Crippen LogP contribution in [0.3, 0.4) is 0 Å². The summed E-state index contributed by atoms with van der Waals surface area (Å²) in [5, 5.41) is 12.2. The smallest absolute Gasteiger partial charge is 0.335 e. The number of benzene rings is 1. The Morgan fingerprint density at radius 3 is 2.65 bits per heavy atom. The van der Waals surface area contributed by atoms with Crippen molar-refractivity contribution >= 4 is 29.7 Å². The summed E-state index contributed by atoms with van der Waals surface area (Å²) < 4.78 is 0. The fourth-order valence-corrected chi connectivity index (χ4v) is 1.99. The van der Waals surface area contributed by atoms with Crippen LogP contribution < -0.4 is 11.1 Å². The molecule has 0 aliphatic rings. The Morgan fingerprint density at radius 2 is 2.09 bits per heavy atom. The average molecular weight is 332 g/mol. The largest absolute Gasteiger partial charge is 0.478 e. The van der Waals surface area contributed by atoms with E-state index in [-0.39, 0.29) is 5.56 Å². The van der Waals surface area contributed by atoms with E-state index in [1.54, 1.807) is 19.2 Å². The molecule has 0 atom stereocenters. The quantitative estimate of drug-likeness (QED) is 0.725. The third kappa shape index (κ3) is 4.04. The number of carbonyl (C=O) groups is 1. The van der Waals surface area contributed by atoms with E-state index in [0.29, 0.717) is 27.9 Å². The lowest BCUT2D eigenvalue weighted by atomic mass is 10.1. The number of nitrogens with zero attached hydrogens (tertiary/aromatic N) is 3. The van der Waals surface area contributed by atoms with Gasteiger partial charge in [-0.15, -0.1) is 0 Å². The first-order chi connectivity index (χ1) is 11.0. The van der Waals surface area contributed by atoms with Crippen LogP contribution in [0.15, 0.2) is 47.4 Å². The lowest BCUT2D eigenvalue weighted by Gasteiger charge is -2.08. The highest BCUT2D eigenvalue weighted by Gasteiger charge is 2.10. The lowest BCUT2D eigenvalue weighted by molar-refractivity contribution is 0.0697. The molecule has 118 valence electrons. The third-order valence-electron chi connectivity index (χ3n) is 2.85. The first-order valence-electron chi connectivity index (χ1n) is 6.52. The Kier molecular flexibility index (Phi) is 5.27. The molecule has 0 aliphatic carbocycles. The van der Waals surface area contributed by atoms with Crippen molar-refractivity contribution in [3.8, 4) is 11.3 Å². The molecule has 2 aromatic rings. The van der Waals surface area contributed by atoms with Crippen LogP contribution in [0.2, 0.25) is 5.02 Å². The van der Waals surface area contributed by atoms with Crippen molar-refractivity contribution < 1.29 is 9.90 Å². The summed E-state index contributed by atoms with van der Waals surface area (Å²) in [6.07, 6.45) is 4.32. The summed E-state index contributed by atoms with van der Waals surface area (Å²) in [6, 6.07) is 6.24. The van der Waals surface area contributed by atoms with Gasteiger partial charge in [-0.3, -0.25) is 4.99 Å². The van der Waals surface area contributed by atoms with Crippen molar-refractivity contribution in [2.75, 3.05) is 12.4 Å². The molecule has 8 heteroatoms. The molecule has 0 radical (unpaired) electrons. The molecule has 1 aromatic carbocycles. The summed E-state index contributed by atoms with van der Waals surface area (Å²) in [6.45, 7) is 0. The molecule has 0 unspecified atom stereocenters. The van der Waals surface area contributed by atoms with Gasteiger partial charge in [0.15, 0.2) is 0 Å². The van der Waals surface area contributed by atoms with Crippen LogP contribution in [0.25, 0.3) is 11.3 Å². The van der Waals surface area contributed by atoms with E-state index in [9.17, 15) is 4.79 Å². The van der Waals surface area contributed by atoms with Gasteiger partial charge in [0.25, 0.3) is 0 Å². The maximum atomic E-state index is 10.9. The topological polar surface area (TPSA) is 113 Å². The summed E-state index contributed by atoms with van der Waals surface area (Å²) in [5.41, 5.74) is 7.34. The van der Waals surface area contributed by atoms with Gasteiger partial charge >= 0.3 is 5.97 Å².